The first-order valence-electron chi connectivity index (χ1n) is 11.5. The van der Waals surface area contributed by atoms with Gasteiger partial charge in [0.25, 0.3) is 0 Å². The molecule has 176 valence electrons. The van der Waals surface area contributed by atoms with Gasteiger partial charge in [-0.3, -0.25) is 15.5 Å². The van der Waals surface area contributed by atoms with E-state index in [-0.39, 0.29) is 17.1 Å². The summed E-state index contributed by atoms with van der Waals surface area (Å²) < 4.78 is 6.17. The molecule has 3 heterocycles. The fourth-order valence-corrected chi connectivity index (χ4v) is 5.86. The average Bonchev–Trinajstić information content (AvgIpc) is 3.02. The van der Waals surface area contributed by atoms with Gasteiger partial charge >= 0.3 is 0 Å². The zero-order valence-electron chi connectivity index (χ0n) is 19.5. The van der Waals surface area contributed by atoms with Gasteiger partial charge in [-0.05, 0) is 45.4 Å². The van der Waals surface area contributed by atoms with Gasteiger partial charge in [-0.1, -0.05) is 11.2 Å². The lowest BCUT2D eigenvalue weighted by Gasteiger charge is -2.48. The molecule has 2 unspecified atom stereocenters. The fourth-order valence-electron chi connectivity index (χ4n) is 4.58. The molecule has 2 atom stereocenters. The lowest BCUT2D eigenvalue weighted by atomic mass is 9.86. The van der Waals surface area contributed by atoms with Crippen LogP contribution >= 0.6 is 11.8 Å². The minimum atomic E-state index is -0.182. The number of benzene rings is 1. The number of nitrogens with two attached hydrogens (primary N) is 1. The van der Waals surface area contributed by atoms with E-state index in [0.717, 1.165) is 30.8 Å². The molecule has 0 aromatic heterocycles. The summed E-state index contributed by atoms with van der Waals surface area (Å²) in [6.45, 7) is 11.8. The van der Waals surface area contributed by atoms with Crippen LogP contribution in [0.3, 0.4) is 0 Å². The highest BCUT2D eigenvalue weighted by Gasteiger charge is 2.39. The Morgan fingerprint density at radius 2 is 2.16 bits per heavy atom. The van der Waals surface area contributed by atoms with E-state index < -0.39 is 0 Å². The molecule has 0 radical (unpaired) electrons. The Morgan fingerprint density at radius 3 is 2.84 bits per heavy atom. The standard InChI is InChI=1S/C23H36N6O2S/c1-14(2)27-21(25-13-24)22-28-20-17-6-5-15(9-18(17)31-8-7-19(20)32-22)16-10-29(11-16)23(3,4)12-26-30/h5-6,9,14,16,21-22,25,27-28H,7-8,10-13,24H2,1-4H3. The van der Waals surface area contributed by atoms with Crippen molar-refractivity contribution < 1.29 is 4.74 Å². The molecule has 0 saturated carbocycles. The molecule has 0 spiro atoms. The highest BCUT2D eigenvalue weighted by atomic mass is 32.2. The van der Waals surface area contributed by atoms with Crippen LogP contribution in [0, 0.1) is 4.91 Å². The Bertz CT molecular complexity index is 868. The molecule has 1 fully saturated rings. The topological polar surface area (TPSA) is 104 Å². The van der Waals surface area contributed by atoms with Gasteiger partial charge in [0.15, 0.2) is 0 Å². The van der Waals surface area contributed by atoms with Crippen molar-refractivity contribution in [3.05, 3.63) is 39.1 Å². The van der Waals surface area contributed by atoms with E-state index in [1.165, 1.54) is 16.2 Å². The molecule has 5 N–H and O–H groups in total. The lowest BCUT2D eigenvalue weighted by Crippen LogP contribution is -2.57. The van der Waals surface area contributed by atoms with Crippen molar-refractivity contribution in [2.45, 2.75) is 63.2 Å². The Hall–Kier alpha value is -1.65. The van der Waals surface area contributed by atoms with Crippen LogP contribution in [0.5, 0.6) is 5.75 Å². The number of thioether (sulfide) groups is 1. The maximum absolute atomic E-state index is 10.7. The van der Waals surface area contributed by atoms with Crippen molar-refractivity contribution in [3.8, 4) is 5.75 Å². The van der Waals surface area contributed by atoms with Crippen molar-refractivity contribution in [3.63, 3.8) is 0 Å². The molecule has 4 rings (SSSR count). The fraction of sp³-hybridized carbons (Fsp3) is 0.652. The summed E-state index contributed by atoms with van der Waals surface area (Å²) in [6.07, 6.45) is 0.972. The normalized spacial score (nSPS) is 22.5. The predicted molar refractivity (Wildman–Crippen MR) is 131 cm³/mol. The van der Waals surface area contributed by atoms with E-state index >= 15 is 0 Å². The molecular weight excluding hydrogens is 424 g/mol. The third kappa shape index (κ3) is 4.82. The van der Waals surface area contributed by atoms with Crippen molar-refractivity contribution >= 4 is 17.5 Å². The van der Waals surface area contributed by atoms with Crippen molar-refractivity contribution in [2.75, 3.05) is 32.9 Å². The van der Waals surface area contributed by atoms with Gasteiger partial charge in [0.05, 0.1) is 25.0 Å². The smallest absolute Gasteiger partial charge is 0.128 e. The van der Waals surface area contributed by atoms with Gasteiger partial charge in [-0.25, -0.2) is 0 Å². The Labute approximate surface area is 195 Å². The zero-order valence-corrected chi connectivity index (χ0v) is 20.3. The van der Waals surface area contributed by atoms with Crippen molar-refractivity contribution in [1.29, 1.82) is 0 Å². The quantitative estimate of drug-likeness (QED) is 0.329. The lowest BCUT2D eigenvalue weighted by molar-refractivity contribution is 0.0405. The number of hydrogen-bond acceptors (Lipinski definition) is 9. The average molecular weight is 461 g/mol. The Balaban J connectivity index is 1.48. The molecule has 1 aromatic carbocycles. The van der Waals surface area contributed by atoms with E-state index in [9.17, 15) is 4.91 Å². The summed E-state index contributed by atoms with van der Waals surface area (Å²) in [5.74, 6) is 1.41. The Morgan fingerprint density at radius 1 is 1.38 bits per heavy atom. The molecule has 0 amide bonds. The van der Waals surface area contributed by atoms with E-state index in [1.54, 1.807) is 0 Å². The summed E-state index contributed by atoms with van der Waals surface area (Å²) in [6, 6.07) is 6.99. The number of nitroso groups, excluding NO2 is 1. The second kappa shape index (κ2) is 9.69. The predicted octanol–water partition coefficient (Wildman–Crippen LogP) is 2.57. The largest absolute Gasteiger partial charge is 0.493 e. The van der Waals surface area contributed by atoms with Crippen LogP contribution < -0.4 is 26.4 Å². The second-order valence-corrected chi connectivity index (χ2v) is 11.0. The molecule has 8 nitrogen and oxygen atoms in total. The van der Waals surface area contributed by atoms with Crippen LogP contribution in [0.25, 0.3) is 5.70 Å². The van der Waals surface area contributed by atoms with Crippen LogP contribution in [0.1, 0.15) is 51.2 Å². The molecule has 32 heavy (non-hydrogen) atoms. The molecule has 3 aliphatic heterocycles. The number of likely N-dealkylation sites (tertiary alicyclic amines) is 1. The first kappa shape index (κ1) is 23.5. The van der Waals surface area contributed by atoms with Crippen LogP contribution in [0.15, 0.2) is 28.3 Å². The number of fused-ring (bicyclic) bond motifs is 2. The highest BCUT2D eigenvalue weighted by molar-refractivity contribution is 8.04. The monoisotopic (exact) mass is 460 g/mol. The summed E-state index contributed by atoms with van der Waals surface area (Å²) in [4.78, 5) is 14.4. The second-order valence-electron chi connectivity index (χ2n) is 9.74. The van der Waals surface area contributed by atoms with Crippen molar-refractivity contribution in [2.24, 2.45) is 10.9 Å². The summed E-state index contributed by atoms with van der Waals surface area (Å²) in [5.41, 5.74) is 9.22. The molecule has 0 bridgehead atoms. The van der Waals surface area contributed by atoms with Gasteiger partial charge in [-0.2, -0.15) is 4.91 Å². The first-order chi connectivity index (χ1) is 15.3. The van der Waals surface area contributed by atoms with E-state index in [0.29, 0.717) is 31.8 Å². The van der Waals surface area contributed by atoms with E-state index in [2.05, 4.69) is 71.9 Å². The van der Waals surface area contributed by atoms with Gasteiger partial charge in [0.1, 0.15) is 11.1 Å². The van der Waals surface area contributed by atoms with Crippen LogP contribution in [0.2, 0.25) is 0 Å². The molecule has 0 aliphatic carbocycles. The summed E-state index contributed by atoms with van der Waals surface area (Å²) in [5, 5.41) is 14.0. The third-order valence-corrected chi connectivity index (χ3v) is 7.85. The molecule has 3 aliphatic rings. The van der Waals surface area contributed by atoms with E-state index in [1.807, 2.05) is 11.8 Å². The number of hydrogen-bond donors (Lipinski definition) is 4. The minimum absolute atomic E-state index is 0.0748. The highest BCUT2D eigenvalue weighted by Crippen LogP contribution is 2.44. The van der Waals surface area contributed by atoms with Gasteiger partial charge in [0.2, 0.25) is 0 Å². The van der Waals surface area contributed by atoms with Gasteiger partial charge in [0, 0.05) is 54.1 Å². The number of ether oxygens (including phenoxy) is 1. The number of rotatable bonds is 9. The maximum atomic E-state index is 10.7. The SMILES string of the molecule is CC(C)NC(NCN)C1NC2=C(CCOc3cc(C4CN(C(C)(C)CN=O)C4)ccc32)S1. The Kier molecular flexibility index (Phi) is 7.11. The molecule has 1 aromatic rings. The minimum Gasteiger partial charge on any atom is -0.493 e. The van der Waals surface area contributed by atoms with Crippen molar-refractivity contribution in [1.82, 2.24) is 20.9 Å². The van der Waals surface area contributed by atoms with Gasteiger partial charge < -0.3 is 15.8 Å². The van der Waals surface area contributed by atoms with Crippen LogP contribution in [0.4, 0.5) is 0 Å². The number of nitrogens with one attached hydrogen (secondary N) is 3. The molecule has 9 heteroatoms. The van der Waals surface area contributed by atoms with Crippen LogP contribution in [-0.4, -0.2) is 60.9 Å². The van der Waals surface area contributed by atoms with E-state index in [4.69, 9.17) is 10.5 Å². The third-order valence-electron chi connectivity index (χ3n) is 6.51. The number of nitrogens with zero attached hydrogens (tertiary/aromatic N) is 2. The van der Waals surface area contributed by atoms with Gasteiger partial charge in [-0.15, -0.1) is 11.8 Å². The maximum Gasteiger partial charge on any atom is 0.128 e. The molecular formula is C23H36N6O2S. The first-order valence-corrected chi connectivity index (χ1v) is 12.4. The van der Waals surface area contributed by atoms with Crippen LogP contribution in [-0.2, 0) is 0 Å². The molecule has 1 saturated heterocycles. The summed E-state index contributed by atoms with van der Waals surface area (Å²) >= 11 is 1.86. The zero-order chi connectivity index (χ0) is 22.9. The summed E-state index contributed by atoms with van der Waals surface area (Å²) in [7, 11) is 0.